The third-order valence-electron chi connectivity index (χ3n) is 5.10. The molecule has 1 atom stereocenters. The van der Waals surface area contributed by atoms with Gasteiger partial charge in [-0.2, -0.15) is 0 Å². The van der Waals surface area contributed by atoms with Crippen LogP contribution in [0, 0.1) is 11.8 Å². The predicted octanol–water partition coefficient (Wildman–Crippen LogP) is 1.47. The smallest absolute Gasteiger partial charge is 0.199 e. The zero-order valence-corrected chi connectivity index (χ0v) is 18.0. The summed E-state index contributed by atoms with van der Waals surface area (Å²) in [6, 6.07) is 0. The average Bonchev–Trinajstić information content (AvgIpc) is 3.34. The van der Waals surface area contributed by atoms with Crippen molar-refractivity contribution in [3.05, 3.63) is 17.5 Å². The second kappa shape index (κ2) is 8.63. The van der Waals surface area contributed by atoms with Crippen LogP contribution in [0.3, 0.4) is 0 Å². The average molecular weight is 425 g/mol. The van der Waals surface area contributed by atoms with Gasteiger partial charge < -0.3 is 25.5 Å². The molecule has 1 aliphatic rings. The number of aryl methyl sites for hydroxylation is 1. The van der Waals surface area contributed by atoms with Crippen LogP contribution in [0.15, 0.2) is 10.8 Å². The molecule has 1 aliphatic heterocycles. The quantitative estimate of drug-likeness (QED) is 0.519. The molecule has 10 nitrogen and oxygen atoms in total. The molecular formula is C21H27N7O3. The lowest BCUT2D eigenvalue weighted by atomic mass is 10.1. The SMILES string of the molecule is CCn1c(-c2nonc2N)nc2c(C#CC(C)(C)O)ncc(CO[C@H]3CCCNC3)c21. The van der Waals surface area contributed by atoms with Crippen molar-refractivity contribution in [1.29, 1.82) is 0 Å². The van der Waals surface area contributed by atoms with Crippen molar-refractivity contribution in [2.75, 3.05) is 18.8 Å². The number of imidazole rings is 1. The molecule has 0 amide bonds. The summed E-state index contributed by atoms with van der Waals surface area (Å²) in [5, 5.41) is 21.0. The van der Waals surface area contributed by atoms with Gasteiger partial charge in [0.2, 0.25) is 0 Å². The van der Waals surface area contributed by atoms with Crippen molar-refractivity contribution in [3.8, 4) is 23.4 Å². The summed E-state index contributed by atoms with van der Waals surface area (Å²) < 4.78 is 12.9. The second-order valence-electron chi connectivity index (χ2n) is 8.10. The monoisotopic (exact) mass is 425 g/mol. The Balaban J connectivity index is 1.83. The molecule has 4 N–H and O–H groups in total. The number of nitrogens with zero attached hydrogens (tertiary/aromatic N) is 5. The molecule has 0 radical (unpaired) electrons. The number of ether oxygens (including phenoxy) is 1. The van der Waals surface area contributed by atoms with Gasteiger partial charge in [-0.3, -0.25) is 0 Å². The molecule has 0 bridgehead atoms. The van der Waals surface area contributed by atoms with Crippen molar-refractivity contribution in [2.24, 2.45) is 0 Å². The fourth-order valence-corrected chi connectivity index (χ4v) is 3.63. The molecule has 164 valence electrons. The Hall–Kier alpha value is -3.00. The largest absolute Gasteiger partial charge is 0.379 e. The van der Waals surface area contributed by atoms with Crippen LogP contribution >= 0.6 is 0 Å². The number of aromatic nitrogens is 5. The van der Waals surface area contributed by atoms with Crippen molar-refractivity contribution in [2.45, 2.75) is 58.5 Å². The summed E-state index contributed by atoms with van der Waals surface area (Å²) >= 11 is 0. The van der Waals surface area contributed by atoms with Crippen LogP contribution in [-0.2, 0) is 17.9 Å². The highest BCUT2D eigenvalue weighted by Crippen LogP contribution is 2.30. The lowest BCUT2D eigenvalue weighted by Gasteiger charge is -2.23. The molecule has 3 aromatic rings. The van der Waals surface area contributed by atoms with E-state index in [1.807, 2.05) is 11.5 Å². The van der Waals surface area contributed by atoms with E-state index in [0.717, 1.165) is 37.0 Å². The number of anilines is 1. The number of fused-ring (bicyclic) bond motifs is 1. The zero-order chi connectivity index (χ0) is 22.0. The predicted molar refractivity (Wildman–Crippen MR) is 115 cm³/mol. The summed E-state index contributed by atoms with van der Waals surface area (Å²) in [6.07, 6.45) is 4.04. The van der Waals surface area contributed by atoms with Crippen LogP contribution in [0.4, 0.5) is 5.82 Å². The van der Waals surface area contributed by atoms with Crippen molar-refractivity contribution in [1.82, 2.24) is 30.2 Å². The number of hydrogen-bond acceptors (Lipinski definition) is 9. The first-order valence-electron chi connectivity index (χ1n) is 10.4. The lowest BCUT2D eigenvalue weighted by Crippen LogP contribution is -2.35. The first-order valence-corrected chi connectivity index (χ1v) is 10.4. The fraction of sp³-hybridized carbons (Fsp3) is 0.524. The number of aliphatic hydroxyl groups is 1. The molecule has 31 heavy (non-hydrogen) atoms. The Morgan fingerprint density at radius 1 is 1.42 bits per heavy atom. The van der Waals surface area contributed by atoms with Crippen LogP contribution in [0.5, 0.6) is 0 Å². The third-order valence-corrected chi connectivity index (χ3v) is 5.10. The van der Waals surface area contributed by atoms with E-state index in [1.165, 1.54) is 0 Å². The minimum atomic E-state index is -1.15. The van der Waals surface area contributed by atoms with E-state index in [4.69, 9.17) is 20.1 Å². The first kappa shape index (κ1) is 21.2. The van der Waals surface area contributed by atoms with Crippen molar-refractivity contribution < 1.29 is 14.5 Å². The molecule has 0 unspecified atom stereocenters. The highest BCUT2D eigenvalue weighted by atomic mass is 16.6. The van der Waals surface area contributed by atoms with Gasteiger partial charge in [-0.1, -0.05) is 5.92 Å². The fourth-order valence-electron chi connectivity index (χ4n) is 3.63. The van der Waals surface area contributed by atoms with Gasteiger partial charge in [0.15, 0.2) is 17.3 Å². The van der Waals surface area contributed by atoms with Gasteiger partial charge in [-0.25, -0.2) is 14.6 Å². The molecule has 0 saturated carbocycles. The molecule has 3 aromatic heterocycles. The summed E-state index contributed by atoms with van der Waals surface area (Å²) in [6.45, 7) is 8.12. The summed E-state index contributed by atoms with van der Waals surface area (Å²) in [5.41, 5.74) is 7.95. The standard InChI is InChI=1S/C21H27N7O3/c1-4-28-18-13(12-30-14-6-5-9-23-11-14)10-24-15(7-8-21(2,3)29)16(18)25-20(28)17-19(22)27-31-26-17/h10,14,23,29H,4-6,9,11-12H2,1-3H3,(H2,22,27)/t14-/m0/s1. The van der Waals surface area contributed by atoms with Gasteiger partial charge in [-0.05, 0) is 56.4 Å². The van der Waals surface area contributed by atoms with Gasteiger partial charge in [0.1, 0.15) is 16.8 Å². The maximum absolute atomic E-state index is 10.0. The molecule has 0 aromatic carbocycles. The van der Waals surface area contributed by atoms with Crippen LogP contribution in [0.25, 0.3) is 22.6 Å². The second-order valence-corrected chi connectivity index (χ2v) is 8.10. The van der Waals surface area contributed by atoms with Gasteiger partial charge in [0.25, 0.3) is 0 Å². The maximum atomic E-state index is 10.0. The van der Waals surface area contributed by atoms with Crippen molar-refractivity contribution in [3.63, 3.8) is 0 Å². The summed E-state index contributed by atoms with van der Waals surface area (Å²) in [4.78, 5) is 9.27. The molecule has 0 aliphatic carbocycles. The minimum absolute atomic E-state index is 0.159. The Labute approximate surface area is 180 Å². The minimum Gasteiger partial charge on any atom is -0.379 e. The van der Waals surface area contributed by atoms with E-state index in [0.29, 0.717) is 35.9 Å². The molecule has 4 rings (SSSR count). The molecular weight excluding hydrogens is 398 g/mol. The Morgan fingerprint density at radius 2 is 2.26 bits per heavy atom. The lowest BCUT2D eigenvalue weighted by molar-refractivity contribution is 0.0256. The number of nitrogens with one attached hydrogen (secondary N) is 1. The number of nitrogens with two attached hydrogens (primary N) is 1. The number of rotatable bonds is 5. The van der Waals surface area contributed by atoms with E-state index in [2.05, 4.69) is 32.5 Å². The Kier molecular flexibility index (Phi) is 5.91. The normalized spacial score (nSPS) is 17.0. The molecule has 1 saturated heterocycles. The highest BCUT2D eigenvalue weighted by Gasteiger charge is 2.23. The van der Waals surface area contributed by atoms with Crippen LogP contribution in [-0.4, -0.2) is 54.7 Å². The van der Waals surface area contributed by atoms with Gasteiger partial charge >= 0.3 is 0 Å². The van der Waals surface area contributed by atoms with Crippen LogP contribution in [0.2, 0.25) is 0 Å². The van der Waals surface area contributed by atoms with Gasteiger partial charge in [-0.15, -0.1) is 0 Å². The zero-order valence-electron chi connectivity index (χ0n) is 18.0. The first-order chi connectivity index (χ1) is 14.9. The van der Waals surface area contributed by atoms with E-state index < -0.39 is 5.60 Å². The number of nitrogen functional groups attached to an aromatic ring is 1. The van der Waals surface area contributed by atoms with Gasteiger partial charge in [0.05, 0.1) is 18.2 Å². The maximum Gasteiger partial charge on any atom is 0.199 e. The Morgan fingerprint density at radius 3 is 2.90 bits per heavy atom. The molecule has 0 spiro atoms. The number of piperidine rings is 1. The number of pyridine rings is 1. The highest BCUT2D eigenvalue weighted by molar-refractivity contribution is 5.87. The third kappa shape index (κ3) is 4.54. The topological polar surface area (TPSA) is 137 Å². The summed E-state index contributed by atoms with van der Waals surface area (Å²) in [5.74, 6) is 6.45. The molecule has 1 fully saturated rings. The van der Waals surface area contributed by atoms with Crippen LogP contribution < -0.4 is 11.1 Å². The van der Waals surface area contributed by atoms with Crippen LogP contribution in [0.1, 0.15) is 44.9 Å². The Bertz CT molecular complexity index is 1130. The van der Waals surface area contributed by atoms with E-state index in [-0.39, 0.29) is 11.9 Å². The van der Waals surface area contributed by atoms with E-state index in [1.54, 1.807) is 20.0 Å². The molecule has 10 heteroatoms. The van der Waals surface area contributed by atoms with Crippen molar-refractivity contribution >= 4 is 16.9 Å². The number of hydrogen-bond donors (Lipinski definition) is 3. The van der Waals surface area contributed by atoms with E-state index in [9.17, 15) is 5.11 Å². The summed E-state index contributed by atoms with van der Waals surface area (Å²) in [7, 11) is 0. The van der Waals surface area contributed by atoms with Gasteiger partial charge in [0, 0.05) is 24.8 Å². The molecule has 4 heterocycles. The van der Waals surface area contributed by atoms with E-state index >= 15 is 0 Å².